The molecule has 0 aliphatic carbocycles. The Labute approximate surface area is 124 Å². The predicted molar refractivity (Wildman–Crippen MR) is 83.5 cm³/mol. The van der Waals surface area contributed by atoms with Gasteiger partial charge < -0.3 is 10.1 Å². The lowest BCUT2D eigenvalue weighted by atomic mass is 10.1. The molecule has 1 heterocycles. The standard InChI is InChI=1S/C16H19N3O2/c1-10-5-7-14(21-4)13(9-10)6-8-15(20)17-16-11(2)18-19-12(16)3/h5-9H,1-4H3,(H,17,20)(H,18,19)/b8-6+. The molecule has 0 aliphatic rings. The summed E-state index contributed by atoms with van der Waals surface area (Å²) in [4.78, 5) is 12.0. The highest BCUT2D eigenvalue weighted by atomic mass is 16.5. The fourth-order valence-corrected chi connectivity index (χ4v) is 2.05. The van der Waals surface area contributed by atoms with Crippen molar-refractivity contribution >= 4 is 17.7 Å². The predicted octanol–water partition coefficient (Wildman–Crippen LogP) is 3.00. The van der Waals surface area contributed by atoms with Gasteiger partial charge in [0.1, 0.15) is 5.75 Å². The van der Waals surface area contributed by atoms with E-state index in [0.717, 1.165) is 34.0 Å². The van der Waals surface area contributed by atoms with Crippen LogP contribution < -0.4 is 10.1 Å². The van der Waals surface area contributed by atoms with Crippen LogP contribution in [0.15, 0.2) is 24.3 Å². The number of benzene rings is 1. The molecular weight excluding hydrogens is 266 g/mol. The quantitative estimate of drug-likeness (QED) is 0.849. The van der Waals surface area contributed by atoms with Crippen LogP contribution in [0.2, 0.25) is 0 Å². The topological polar surface area (TPSA) is 67.0 Å². The normalized spacial score (nSPS) is 10.9. The highest BCUT2D eigenvalue weighted by molar-refractivity contribution is 6.02. The molecule has 0 spiro atoms. The maximum atomic E-state index is 12.0. The summed E-state index contributed by atoms with van der Waals surface area (Å²) < 4.78 is 5.28. The summed E-state index contributed by atoms with van der Waals surface area (Å²) >= 11 is 0. The van der Waals surface area contributed by atoms with Crippen molar-refractivity contribution in [3.8, 4) is 5.75 Å². The monoisotopic (exact) mass is 285 g/mol. The van der Waals surface area contributed by atoms with Gasteiger partial charge in [0.05, 0.1) is 24.2 Å². The zero-order chi connectivity index (χ0) is 15.4. The number of anilines is 1. The summed E-state index contributed by atoms with van der Waals surface area (Å²) in [6.45, 7) is 5.70. The number of methoxy groups -OCH3 is 1. The van der Waals surface area contributed by atoms with Gasteiger partial charge in [-0.2, -0.15) is 5.10 Å². The maximum Gasteiger partial charge on any atom is 0.248 e. The van der Waals surface area contributed by atoms with E-state index < -0.39 is 0 Å². The average molecular weight is 285 g/mol. The summed E-state index contributed by atoms with van der Waals surface area (Å²) in [5.41, 5.74) is 4.30. The van der Waals surface area contributed by atoms with Gasteiger partial charge in [-0.3, -0.25) is 9.89 Å². The summed E-state index contributed by atoms with van der Waals surface area (Å²) in [7, 11) is 1.61. The third-order valence-corrected chi connectivity index (χ3v) is 3.18. The second kappa shape index (κ2) is 6.26. The van der Waals surface area contributed by atoms with Gasteiger partial charge in [-0.05, 0) is 39.0 Å². The molecule has 1 amide bonds. The van der Waals surface area contributed by atoms with Gasteiger partial charge in [0, 0.05) is 11.6 Å². The zero-order valence-corrected chi connectivity index (χ0v) is 12.7. The van der Waals surface area contributed by atoms with Gasteiger partial charge in [-0.1, -0.05) is 11.6 Å². The molecule has 0 fully saturated rings. The number of amides is 1. The molecule has 110 valence electrons. The highest BCUT2D eigenvalue weighted by Gasteiger charge is 2.08. The van der Waals surface area contributed by atoms with Crippen LogP contribution in [0.3, 0.4) is 0 Å². The number of hydrogen-bond acceptors (Lipinski definition) is 3. The lowest BCUT2D eigenvalue weighted by Crippen LogP contribution is -2.09. The highest BCUT2D eigenvalue weighted by Crippen LogP contribution is 2.21. The number of hydrogen-bond donors (Lipinski definition) is 2. The molecule has 5 heteroatoms. The van der Waals surface area contributed by atoms with Crippen molar-refractivity contribution in [3.63, 3.8) is 0 Å². The van der Waals surface area contributed by atoms with Gasteiger partial charge in [0.2, 0.25) is 5.91 Å². The van der Waals surface area contributed by atoms with E-state index in [1.54, 1.807) is 13.2 Å². The largest absolute Gasteiger partial charge is 0.496 e. The number of H-pyrrole nitrogens is 1. The molecule has 2 N–H and O–H groups in total. The van der Waals surface area contributed by atoms with Crippen molar-refractivity contribution in [2.45, 2.75) is 20.8 Å². The van der Waals surface area contributed by atoms with E-state index in [9.17, 15) is 4.79 Å². The zero-order valence-electron chi connectivity index (χ0n) is 12.7. The molecule has 0 saturated heterocycles. The van der Waals surface area contributed by atoms with Crippen molar-refractivity contribution in [2.75, 3.05) is 12.4 Å². The molecule has 0 bridgehead atoms. The van der Waals surface area contributed by atoms with Crippen LogP contribution in [0.5, 0.6) is 5.75 Å². The Morgan fingerprint density at radius 3 is 2.71 bits per heavy atom. The molecule has 0 saturated carbocycles. The molecule has 0 radical (unpaired) electrons. The minimum Gasteiger partial charge on any atom is -0.496 e. The van der Waals surface area contributed by atoms with E-state index in [1.807, 2.05) is 39.0 Å². The molecule has 2 rings (SSSR count). The maximum absolute atomic E-state index is 12.0. The van der Waals surface area contributed by atoms with Crippen molar-refractivity contribution in [1.82, 2.24) is 10.2 Å². The van der Waals surface area contributed by atoms with Gasteiger partial charge >= 0.3 is 0 Å². The van der Waals surface area contributed by atoms with E-state index in [0.29, 0.717) is 0 Å². The molecule has 0 atom stereocenters. The molecule has 21 heavy (non-hydrogen) atoms. The number of aromatic nitrogens is 2. The van der Waals surface area contributed by atoms with Crippen LogP contribution >= 0.6 is 0 Å². The average Bonchev–Trinajstić information content (AvgIpc) is 2.77. The van der Waals surface area contributed by atoms with Crippen LogP contribution in [0, 0.1) is 20.8 Å². The van der Waals surface area contributed by atoms with Crippen LogP contribution in [0.25, 0.3) is 6.08 Å². The number of carbonyl (C=O) groups is 1. The fourth-order valence-electron chi connectivity index (χ4n) is 2.05. The number of nitrogens with one attached hydrogen (secondary N) is 2. The minimum absolute atomic E-state index is 0.203. The Kier molecular flexibility index (Phi) is 4.42. The first-order chi connectivity index (χ1) is 10.0. The fraction of sp³-hybridized carbons (Fsp3) is 0.250. The lowest BCUT2D eigenvalue weighted by molar-refractivity contribution is -0.111. The Bertz CT molecular complexity index is 667. The van der Waals surface area contributed by atoms with E-state index in [4.69, 9.17) is 4.74 Å². The number of aryl methyl sites for hydroxylation is 3. The van der Waals surface area contributed by atoms with E-state index in [-0.39, 0.29) is 5.91 Å². The number of aromatic amines is 1. The summed E-state index contributed by atoms with van der Waals surface area (Å²) in [6.07, 6.45) is 3.23. The smallest absolute Gasteiger partial charge is 0.248 e. The molecular formula is C16H19N3O2. The van der Waals surface area contributed by atoms with Crippen LogP contribution in [-0.2, 0) is 4.79 Å². The number of carbonyl (C=O) groups excluding carboxylic acids is 1. The van der Waals surface area contributed by atoms with E-state index in [2.05, 4.69) is 15.5 Å². The first-order valence-electron chi connectivity index (χ1n) is 6.66. The van der Waals surface area contributed by atoms with Crippen LogP contribution in [0.4, 0.5) is 5.69 Å². The lowest BCUT2D eigenvalue weighted by Gasteiger charge is -2.06. The summed E-state index contributed by atoms with van der Waals surface area (Å²) in [5, 5.41) is 9.70. The third-order valence-electron chi connectivity index (χ3n) is 3.18. The van der Waals surface area contributed by atoms with Crippen LogP contribution in [-0.4, -0.2) is 23.2 Å². The molecule has 1 aromatic heterocycles. The number of ether oxygens (including phenoxy) is 1. The Morgan fingerprint density at radius 2 is 2.10 bits per heavy atom. The molecule has 5 nitrogen and oxygen atoms in total. The third kappa shape index (κ3) is 3.51. The molecule has 0 aliphatic heterocycles. The Balaban J connectivity index is 2.14. The first-order valence-corrected chi connectivity index (χ1v) is 6.66. The molecule has 1 aromatic carbocycles. The number of nitrogens with zero attached hydrogens (tertiary/aromatic N) is 1. The van der Waals surface area contributed by atoms with Gasteiger partial charge in [0.25, 0.3) is 0 Å². The van der Waals surface area contributed by atoms with Crippen molar-refractivity contribution in [1.29, 1.82) is 0 Å². The van der Waals surface area contributed by atoms with Crippen molar-refractivity contribution in [2.24, 2.45) is 0 Å². The van der Waals surface area contributed by atoms with Gasteiger partial charge in [-0.15, -0.1) is 0 Å². The van der Waals surface area contributed by atoms with Gasteiger partial charge in [0.15, 0.2) is 0 Å². The Hall–Kier alpha value is -2.56. The van der Waals surface area contributed by atoms with Gasteiger partial charge in [-0.25, -0.2) is 0 Å². The van der Waals surface area contributed by atoms with Crippen LogP contribution in [0.1, 0.15) is 22.5 Å². The van der Waals surface area contributed by atoms with E-state index in [1.165, 1.54) is 6.08 Å². The Morgan fingerprint density at radius 1 is 1.33 bits per heavy atom. The second-order valence-corrected chi connectivity index (χ2v) is 4.88. The van der Waals surface area contributed by atoms with Crippen molar-refractivity contribution < 1.29 is 9.53 Å². The van der Waals surface area contributed by atoms with Crippen molar-refractivity contribution in [3.05, 3.63) is 46.8 Å². The SMILES string of the molecule is COc1ccc(C)cc1/C=C/C(=O)Nc1c(C)n[nH]c1C. The summed E-state index contributed by atoms with van der Waals surface area (Å²) in [5.74, 6) is 0.534. The summed E-state index contributed by atoms with van der Waals surface area (Å²) in [6, 6.07) is 5.82. The number of rotatable bonds is 4. The molecule has 2 aromatic rings. The molecule has 0 unspecified atom stereocenters. The van der Waals surface area contributed by atoms with E-state index >= 15 is 0 Å². The second-order valence-electron chi connectivity index (χ2n) is 4.88. The minimum atomic E-state index is -0.203. The first kappa shape index (κ1) is 14.8.